The number of thioether (sulfide) groups is 1. The Morgan fingerprint density at radius 1 is 1.09 bits per heavy atom. The number of para-hydroxylation sites is 3. The predicted octanol–water partition coefficient (Wildman–Crippen LogP) is 5.94. The Bertz CT molecular complexity index is 1320. The van der Waals surface area contributed by atoms with E-state index in [9.17, 15) is 9.18 Å². The number of carbonyl (C=O) groups is 1. The standard InChI is InChI=1S/C25H22ClFN4O3S/c1-16(34-22-11-7-6-10-21(22)33-2)24-29-30-25(31(24)18-8-4-3-5-9-18)35-15-23(32)28-17-12-13-20(27)19(26)14-17/h3-14,16H,15H2,1-2H3,(H,28,32). The molecule has 0 bridgehead atoms. The Morgan fingerprint density at radius 3 is 2.51 bits per heavy atom. The van der Waals surface area contributed by atoms with Gasteiger partial charge in [-0.1, -0.05) is 53.7 Å². The summed E-state index contributed by atoms with van der Waals surface area (Å²) >= 11 is 7.01. The first-order valence-electron chi connectivity index (χ1n) is 10.6. The predicted molar refractivity (Wildman–Crippen MR) is 134 cm³/mol. The Balaban J connectivity index is 1.54. The van der Waals surface area contributed by atoms with Gasteiger partial charge >= 0.3 is 0 Å². The zero-order chi connectivity index (χ0) is 24.8. The summed E-state index contributed by atoms with van der Waals surface area (Å²) in [5, 5.41) is 11.8. The van der Waals surface area contributed by atoms with Gasteiger partial charge in [-0.25, -0.2) is 4.39 Å². The maximum absolute atomic E-state index is 13.4. The SMILES string of the molecule is COc1ccccc1OC(C)c1nnc(SCC(=O)Nc2ccc(F)c(Cl)c2)n1-c1ccccc1. The molecule has 4 aromatic rings. The number of nitrogens with zero attached hydrogens (tertiary/aromatic N) is 3. The topological polar surface area (TPSA) is 78.3 Å². The van der Waals surface area contributed by atoms with Crippen molar-refractivity contribution in [1.82, 2.24) is 14.8 Å². The molecule has 180 valence electrons. The summed E-state index contributed by atoms with van der Waals surface area (Å²) < 4.78 is 26.8. The summed E-state index contributed by atoms with van der Waals surface area (Å²) in [6.07, 6.45) is -0.469. The number of amides is 1. The lowest BCUT2D eigenvalue weighted by Gasteiger charge is -2.18. The summed E-state index contributed by atoms with van der Waals surface area (Å²) in [5.74, 6) is 0.971. The van der Waals surface area contributed by atoms with Crippen LogP contribution in [0, 0.1) is 5.82 Å². The lowest BCUT2D eigenvalue weighted by atomic mass is 10.3. The second-order valence-corrected chi connectivity index (χ2v) is 8.74. The fourth-order valence-corrected chi connectivity index (χ4v) is 4.26. The smallest absolute Gasteiger partial charge is 0.234 e. The van der Waals surface area contributed by atoms with Crippen LogP contribution in [0.25, 0.3) is 5.69 Å². The Labute approximate surface area is 211 Å². The number of benzene rings is 3. The minimum atomic E-state index is -0.549. The molecule has 1 unspecified atom stereocenters. The third-order valence-corrected chi connectivity index (χ3v) is 6.16. The highest BCUT2D eigenvalue weighted by Gasteiger charge is 2.22. The first-order chi connectivity index (χ1) is 17.0. The summed E-state index contributed by atoms with van der Waals surface area (Å²) in [5.41, 5.74) is 1.24. The van der Waals surface area contributed by atoms with Gasteiger partial charge in [-0.2, -0.15) is 0 Å². The number of hydrogen-bond donors (Lipinski definition) is 1. The quantitative estimate of drug-likeness (QED) is 0.280. The molecule has 1 N–H and O–H groups in total. The van der Waals surface area contributed by atoms with Crippen LogP contribution in [0.15, 0.2) is 78.0 Å². The first kappa shape index (κ1) is 24.6. The van der Waals surface area contributed by atoms with Crippen LogP contribution in [0.5, 0.6) is 11.5 Å². The van der Waals surface area contributed by atoms with Gasteiger partial charge in [0.2, 0.25) is 5.91 Å². The molecule has 0 saturated heterocycles. The summed E-state index contributed by atoms with van der Waals surface area (Å²) in [4.78, 5) is 12.5. The van der Waals surface area contributed by atoms with Gasteiger partial charge in [-0.3, -0.25) is 9.36 Å². The second kappa shape index (κ2) is 11.2. The van der Waals surface area contributed by atoms with Crippen molar-refractivity contribution in [3.8, 4) is 17.2 Å². The zero-order valence-corrected chi connectivity index (χ0v) is 20.5. The van der Waals surface area contributed by atoms with Crippen molar-refractivity contribution in [2.24, 2.45) is 0 Å². The van der Waals surface area contributed by atoms with Crippen molar-refractivity contribution < 1.29 is 18.7 Å². The molecule has 7 nitrogen and oxygen atoms in total. The normalized spacial score (nSPS) is 11.7. The van der Waals surface area contributed by atoms with Crippen LogP contribution in [0.4, 0.5) is 10.1 Å². The van der Waals surface area contributed by atoms with E-state index in [0.717, 1.165) is 5.69 Å². The van der Waals surface area contributed by atoms with Gasteiger partial charge in [0, 0.05) is 11.4 Å². The number of halogens is 2. The zero-order valence-electron chi connectivity index (χ0n) is 18.9. The van der Waals surface area contributed by atoms with E-state index in [2.05, 4.69) is 15.5 Å². The van der Waals surface area contributed by atoms with Gasteiger partial charge in [0.15, 0.2) is 28.6 Å². The monoisotopic (exact) mass is 512 g/mol. The van der Waals surface area contributed by atoms with Crippen molar-refractivity contribution in [2.75, 3.05) is 18.2 Å². The molecule has 0 aliphatic carbocycles. The van der Waals surface area contributed by atoms with Crippen LogP contribution in [-0.2, 0) is 4.79 Å². The van der Waals surface area contributed by atoms with Crippen LogP contribution >= 0.6 is 23.4 Å². The third-order valence-electron chi connectivity index (χ3n) is 4.94. The van der Waals surface area contributed by atoms with Gasteiger partial charge in [0.25, 0.3) is 0 Å². The molecule has 0 aliphatic rings. The fraction of sp³-hybridized carbons (Fsp3) is 0.160. The molecule has 1 heterocycles. The highest BCUT2D eigenvalue weighted by Crippen LogP contribution is 2.32. The highest BCUT2D eigenvalue weighted by molar-refractivity contribution is 7.99. The van der Waals surface area contributed by atoms with E-state index >= 15 is 0 Å². The molecule has 0 aliphatic heterocycles. The molecule has 3 aromatic carbocycles. The summed E-state index contributed by atoms with van der Waals surface area (Å²) in [6.45, 7) is 1.87. The molecule has 1 atom stereocenters. The van der Waals surface area contributed by atoms with Crippen molar-refractivity contribution in [1.29, 1.82) is 0 Å². The van der Waals surface area contributed by atoms with Crippen LogP contribution in [0.2, 0.25) is 5.02 Å². The highest BCUT2D eigenvalue weighted by atomic mass is 35.5. The Kier molecular flexibility index (Phi) is 7.89. The average Bonchev–Trinajstić information content (AvgIpc) is 3.30. The lowest BCUT2D eigenvalue weighted by molar-refractivity contribution is -0.113. The minimum absolute atomic E-state index is 0.0573. The summed E-state index contributed by atoms with van der Waals surface area (Å²) in [6, 6.07) is 21.0. The Morgan fingerprint density at radius 2 is 1.80 bits per heavy atom. The fourth-order valence-electron chi connectivity index (χ4n) is 3.32. The van der Waals surface area contributed by atoms with E-state index in [-0.39, 0.29) is 16.7 Å². The molecule has 0 fully saturated rings. The first-order valence-corrected chi connectivity index (χ1v) is 12.0. The molecule has 0 spiro atoms. The number of methoxy groups -OCH3 is 1. The second-order valence-electron chi connectivity index (χ2n) is 7.39. The molecule has 1 amide bonds. The molecular formula is C25H22ClFN4O3S. The van der Waals surface area contributed by atoms with Crippen LogP contribution in [-0.4, -0.2) is 33.5 Å². The number of nitrogens with one attached hydrogen (secondary N) is 1. The Hall–Kier alpha value is -3.56. The van der Waals surface area contributed by atoms with Crippen molar-refractivity contribution >= 4 is 35.0 Å². The van der Waals surface area contributed by atoms with Gasteiger partial charge in [0.05, 0.1) is 17.9 Å². The van der Waals surface area contributed by atoms with Crippen LogP contribution in [0.1, 0.15) is 18.9 Å². The number of aromatic nitrogens is 3. The van der Waals surface area contributed by atoms with Gasteiger partial charge in [-0.15, -0.1) is 10.2 Å². The number of anilines is 1. The summed E-state index contributed by atoms with van der Waals surface area (Å²) in [7, 11) is 1.58. The van der Waals surface area contributed by atoms with Gasteiger partial charge < -0.3 is 14.8 Å². The molecule has 1 aromatic heterocycles. The van der Waals surface area contributed by atoms with Crippen LogP contribution in [0.3, 0.4) is 0 Å². The van der Waals surface area contributed by atoms with E-state index in [4.69, 9.17) is 21.1 Å². The van der Waals surface area contributed by atoms with E-state index in [1.54, 1.807) is 7.11 Å². The maximum atomic E-state index is 13.4. The van der Waals surface area contributed by atoms with Gasteiger partial charge in [0.1, 0.15) is 5.82 Å². The molecule has 4 rings (SSSR count). The van der Waals surface area contributed by atoms with Crippen LogP contribution < -0.4 is 14.8 Å². The number of ether oxygens (including phenoxy) is 2. The van der Waals surface area contributed by atoms with Crippen molar-refractivity contribution in [3.63, 3.8) is 0 Å². The maximum Gasteiger partial charge on any atom is 0.234 e. The molecule has 10 heteroatoms. The van der Waals surface area contributed by atoms with Crippen molar-refractivity contribution in [2.45, 2.75) is 18.2 Å². The lowest BCUT2D eigenvalue weighted by Crippen LogP contribution is -2.15. The van der Waals surface area contributed by atoms with Crippen molar-refractivity contribution in [3.05, 3.63) is 89.5 Å². The molecule has 35 heavy (non-hydrogen) atoms. The number of carbonyl (C=O) groups excluding carboxylic acids is 1. The minimum Gasteiger partial charge on any atom is -0.493 e. The molecular weight excluding hydrogens is 491 g/mol. The van der Waals surface area contributed by atoms with E-state index < -0.39 is 11.9 Å². The third kappa shape index (κ3) is 5.93. The number of rotatable bonds is 9. The van der Waals surface area contributed by atoms with E-state index in [1.807, 2.05) is 66.1 Å². The van der Waals surface area contributed by atoms with Gasteiger partial charge in [-0.05, 0) is 49.4 Å². The number of hydrogen-bond acceptors (Lipinski definition) is 6. The molecule has 0 radical (unpaired) electrons. The largest absolute Gasteiger partial charge is 0.493 e. The van der Waals surface area contributed by atoms with E-state index in [1.165, 1.54) is 30.0 Å². The average molecular weight is 513 g/mol. The molecule has 0 saturated carbocycles. The van der Waals surface area contributed by atoms with E-state index in [0.29, 0.717) is 28.2 Å².